The summed E-state index contributed by atoms with van der Waals surface area (Å²) < 4.78 is 10.8. The predicted octanol–water partition coefficient (Wildman–Crippen LogP) is 3.28. The number of ether oxygens (including phenoxy) is 2. The van der Waals surface area contributed by atoms with Crippen molar-refractivity contribution in [3.8, 4) is 11.5 Å². The van der Waals surface area contributed by atoms with Crippen LogP contribution in [0.2, 0.25) is 0 Å². The van der Waals surface area contributed by atoms with Gasteiger partial charge < -0.3 is 30.1 Å². The molecule has 2 aliphatic heterocycles. The van der Waals surface area contributed by atoms with Crippen molar-refractivity contribution in [3.05, 3.63) is 59.8 Å². The molecule has 0 aliphatic carbocycles. The van der Waals surface area contributed by atoms with E-state index in [1.165, 1.54) is 0 Å². The quantitative estimate of drug-likeness (QED) is 0.460. The number of nitrogens with one attached hydrogen (secondary N) is 2. The fourth-order valence-corrected chi connectivity index (χ4v) is 4.73. The lowest BCUT2D eigenvalue weighted by Gasteiger charge is -2.34. The summed E-state index contributed by atoms with van der Waals surface area (Å²) in [6.07, 6.45) is 3.20. The molecule has 9 heteroatoms. The molecule has 1 fully saturated rings. The molecule has 3 heterocycles. The number of hydrogen-bond donors (Lipinski definition) is 3. The summed E-state index contributed by atoms with van der Waals surface area (Å²) in [7, 11) is 1.64. The number of rotatable bonds is 7. The molecule has 3 aromatic rings. The maximum atomic E-state index is 11.6. The van der Waals surface area contributed by atoms with Crippen molar-refractivity contribution in [3.63, 3.8) is 0 Å². The Balaban J connectivity index is 0.00000289. The Morgan fingerprint density at radius 2 is 2.06 bits per heavy atom. The Bertz CT molecular complexity index is 1180. The molecule has 0 bridgehead atoms. The number of benzene rings is 2. The zero-order chi connectivity index (χ0) is 23.5. The minimum Gasteiger partial charge on any atom is -0.497 e. The number of anilines is 1. The zero-order valence-corrected chi connectivity index (χ0v) is 20.5. The van der Waals surface area contributed by atoms with E-state index in [0.29, 0.717) is 12.6 Å². The SMILES string of the molecule is COc1ccc2nccc([C@@H](O)CN3CCC(NCc4ccc5c(c4)NC(=O)CO5)CC3)c2c1.Cl. The van der Waals surface area contributed by atoms with Crippen LogP contribution >= 0.6 is 12.4 Å². The van der Waals surface area contributed by atoms with Crippen molar-refractivity contribution in [2.45, 2.75) is 31.5 Å². The minimum absolute atomic E-state index is 0. The number of likely N-dealkylation sites (tertiary alicyclic amines) is 1. The summed E-state index contributed by atoms with van der Waals surface area (Å²) in [4.78, 5) is 18.3. The number of aliphatic hydroxyl groups is 1. The van der Waals surface area contributed by atoms with Crippen molar-refractivity contribution in [1.29, 1.82) is 0 Å². The fraction of sp³-hybridized carbons (Fsp3) is 0.385. The molecule has 0 saturated carbocycles. The van der Waals surface area contributed by atoms with Crippen LogP contribution in [0.4, 0.5) is 5.69 Å². The third-order valence-electron chi connectivity index (χ3n) is 6.63. The molecule has 186 valence electrons. The van der Waals surface area contributed by atoms with Crippen LogP contribution in [0.5, 0.6) is 11.5 Å². The number of aliphatic hydroxyl groups excluding tert-OH is 1. The van der Waals surface area contributed by atoms with Crippen LogP contribution in [0.3, 0.4) is 0 Å². The summed E-state index contributed by atoms with van der Waals surface area (Å²) in [5.41, 5.74) is 3.59. The highest BCUT2D eigenvalue weighted by molar-refractivity contribution is 5.95. The smallest absolute Gasteiger partial charge is 0.262 e. The number of carbonyl (C=O) groups is 1. The standard InChI is InChI=1S/C26H30N4O4.ClH/c1-33-19-3-4-22-21(13-19)20(6-9-27-22)24(31)15-30-10-7-18(8-11-30)28-14-17-2-5-25-23(12-17)29-26(32)16-34-25;/h2-6,9,12-13,18,24,28,31H,7-8,10-11,14-16H2,1H3,(H,29,32);1H/t24-;/m0./s1. The number of nitrogens with zero attached hydrogens (tertiary/aromatic N) is 2. The minimum atomic E-state index is -0.588. The van der Waals surface area contributed by atoms with Crippen LogP contribution < -0.4 is 20.1 Å². The highest BCUT2D eigenvalue weighted by Crippen LogP contribution is 2.29. The van der Waals surface area contributed by atoms with Crippen molar-refractivity contribution >= 4 is 34.9 Å². The fourth-order valence-electron chi connectivity index (χ4n) is 4.73. The number of hydrogen-bond acceptors (Lipinski definition) is 7. The average Bonchev–Trinajstić information content (AvgIpc) is 2.87. The molecule has 3 N–H and O–H groups in total. The third kappa shape index (κ3) is 5.85. The average molecular weight is 499 g/mol. The van der Waals surface area contributed by atoms with Crippen LogP contribution in [0.15, 0.2) is 48.7 Å². The van der Waals surface area contributed by atoms with Gasteiger partial charge in [-0.05, 0) is 73.5 Å². The molecule has 2 aromatic carbocycles. The van der Waals surface area contributed by atoms with Gasteiger partial charge in [-0.3, -0.25) is 9.78 Å². The van der Waals surface area contributed by atoms with Gasteiger partial charge in [-0.25, -0.2) is 0 Å². The highest BCUT2D eigenvalue weighted by Gasteiger charge is 2.23. The Hall–Kier alpha value is -2.91. The van der Waals surface area contributed by atoms with Gasteiger partial charge in [0.15, 0.2) is 6.61 Å². The third-order valence-corrected chi connectivity index (χ3v) is 6.63. The normalized spacial score (nSPS) is 17.1. The van der Waals surface area contributed by atoms with Crippen LogP contribution in [0.25, 0.3) is 10.9 Å². The van der Waals surface area contributed by atoms with Crippen LogP contribution in [-0.4, -0.2) is 60.3 Å². The number of carbonyl (C=O) groups excluding carboxylic acids is 1. The van der Waals surface area contributed by atoms with Gasteiger partial charge in [0, 0.05) is 30.7 Å². The van der Waals surface area contributed by atoms with E-state index in [-0.39, 0.29) is 24.9 Å². The second-order valence-electron chi connectivity index (χ2n) is 8.92. The summed E-state index contributed by atoms with van der Waals surface area (Å²) in [6, 6.07) is 14.0. The lowest BCUT2D eigenvalue weighted by Crippen LogP contribution is -2.43. The van der Waals surface area contributed by atoms with Crippen molar-refractivity contribution in [2.24, 2.45) is 0 Å². The molecular weight excluding hydrogens is 468 g/mol. The van der Waals surface area contributed by atoms with Crippen LogP contribution in [-0.2, 0) is 11.3 Å². The first-order valence-electron chi connectivity index (χ1n) is 11.7. The van der Waals surface area contributed by atoms with E-state index in [1.54, 1.807) is 13.3 Å². The molecular formula is C26H31ClN4O4. The molecule has 1 aromatic heterocycles. The maximum Gasteiger partial charge on any atom is 0.262 e. The molecule has 5 rings (SSSR count). The molecule has 0 spiro atoms. The van der Waals surface area contributed by atoms with E-state index in [1.807, 2.05) is 42.5 Å². The predicted molar refractivity (Wildman–Crippen MR) is 137 cm³/mol. The zero-order valence-electron chi connectivity index (χ0n) is 19.7. The number of methoxy groups -OCH3 is 1. The van der Waals surface area contributed by atoms with Crippen molar-refractivity contribution < 1.29 is 19.4 Å². The molecule has 1 amide bonds. The van der Waals surface area contributed by atoms with Gasteiger partial charge in [-0.15, -0.1) is 12.4 Å². The second kappa shape index (κ2) is 11.2. The Morgan fingerprint density at radius 1 is 1.23 bits per heavy atom. The van der Waals surface area contributed by atoms with E-state index in [9.17, 15) is 9.90 Å². The lowest BCUT2D eigenvalue weighted by molar-refractivity contribution is -0.118. The molecule has 0 radical (unpaired) electrons. The topological polar surface area (TPSA) is 96.0 Å². The molecule has 2 aliphatic rings. The van der Waals surface area contributed by atoms with Gasteiger partial charge in [0.2, 0.25) is 0 Å². The van der Waals surface area contributed by atoms with Gasteiger partial charge in [0.25, 0.3) is 5.91 Å². The largest absolute Gasteiger partial charge is 0.497 e. The number of pyridine rings is 1. The summed E-state index contributed by atoms with van der Waals surface area (Å²) in [5, 5.41) is 18.4. The Kier molecular flexibility index (Phi) is 8.07. The first-order chi connectivity index (χ1) is 16.6. The molecule has 8 nitrogen and oxygen atoms in total. The maximum absolute atomic E-state index is 11.6. The Morgan fingerprint density at radius 3 is 2.86 bits per heavy atom. The highest BCUT2D eigenvalue weighted by atomic mass is 35.5. The number of fused-ring (bicyclic) bond motifs is 2. The van der Waals surface area contributed by atoms with E-state index < -0.39 is 6.10 Å². The summed E-state index contributed by atoms with van der Waals surface area (Å²) in [5.74, 6) is 1.36. The number of aromatic nitrogens is 1. The van der Waals surface area contributed by atoms with E-state index in [2.05, 4.69) is 20.5 Å². The number of β-amino-alcohol motifs (C(OH)–C–C–N with tert-alkyl or cyclic N) is 1. The number of halogens is 1. The molecule has 1 saturated heterocycles. The second-order valence-corrected chi connectivity index (χ2v) is 8.92. The first-order valence-corrected chi connectivity index (χ1v) is 11.7. The number of piperidine rings is 1. The van der Waals surface area contributed by atoms with E-state index in [0.717, 1.165) is 71.7 Å². The van der Waals surface area contributed by atoms with Crippen molar-refractivity contribution in [2.75, 3.05) is 38.7 Å². The summed E-state index contributed by atoms with van der Waals surface area (Å²) in [6.45, 7) is 3.25. The van der Waals surface area contributed by atoms with Crippen molar-refractivity contribution in [1.82, 2.24) is 15.2 Å². The first kappa shape index (κ1) is 25.2. The van der Waals surface area contributed by atoms with Gasteiger partial charge in [-0.2, -0.15) is 0 Å². The van der Waals surface area contributed by atoms with Crippen LogP contribution in [0, 0.1) is 0 Å². The van der Waals surface area contributed by atoms with Gasteiger partial charge in [0.1, 0.15) is 11.5 Å². The monoisotopic (exact) mass is 498 g/mol. The molecule has 0 unspecified atom stereocenters. The van der Waals surface area contributed by atoms with E-state index >= 15 is 0 Å². The molecule has 1 atom stereocenters. The van der Waals surface area contributed by atoms with Gasteiger partial charge >= 0.3 is 0 Å². The Labute approximate surface area is 211 Å². The molecule has 35 heavy (non-hydrogen) atoms. The van der Waals surface area contributed by atoms with Crippen LogP contribution in [0.1, 0.15) is 30.1 Å². The van der Waals surface area contributed by atoms with Gasteiger partial charge in [0.05, 0.1) is 24.4 Å². The van der Waals surface area contributed by atoms with E-state index in [4.69, 9.17) is 9.47 Å². The van der Waals surface area contributed by atoms with Gasteiger partial charge in [-0.1, -0.05) is 6.07 Å². The number of amides is 1. The summed E-state index contributed by atoms with van der Waals surface area (Å²) >= 11 is 0. The lowest BCUT2D eigenvalue weighted by atomic mass is 10.0.